The molecule has 0 spiro atoms. The third-order valence-corrected chi connectivity index (χ3v) is 1.99. The molecule has 1 aromatic heterocycles. The summed E-state index contributed by atoms with van der Waals surface area (Å²) >= 11 is 0. The number of aromatic nitrogens is 1. The molecule has 0 saturated heterocycles. The van der Waals surface area contributed by atoms with Gasteiger partial charge in [0.15, 0.2) is 0 Å². The highest BCUT2D eigenvalue weighted by Gasteiger charge is 2.03. The highest BCUT2D eigenvalue weighted by molar-refractivity contribution is 4.90. The van der Waals surface area contributed by atoms with E-state index in [0.29, 0.717) is 6.04 Å². The zero-order valence-electron chi connectivity index (χ0n) is 8.63. The summed E-state index contributed by atoms with van der Waals surface area (Å²) in [5.41, 5.74) is 0. The van der Waals surface area contributed by atoms with Crippen molar-refractivity contribution in [2.75, 3.05) is 0 Å². The van der Waals surface area contributed by atoms with Crippen LogP contribution in [0, 0.1) is 6.92 Å². The molecule has 1 aromatic rings. The molecule has 1 unspecified atom stereocenters. The summed E-state index contributed by atoms with van der Waals surface area (Å²) in [5.74, 6) is 1.65. The lowest BCUT2D eigenvalue weighted by atomic mass is 10.2. The molecule has 3 nitrogen and oxygen atoms in total. The van der Waals surface area contributed by atoms with E-state index in [1.54, 1.807) is 6.20 Å². The minimum Gasteiger partial charge on any atom is -0.445 e. The molecule has 0 bridgehead atoms. The molecule has 0 aliphatic rings. The predicted octanol–water partition coefficient (Wildman–Crippen LogP) is 2.26. The van der Waals surface area contributed by atoms with Gasteiger partial charge in [-0.2, -0.15) is 0 Å². The number of hydrogen-bond acceptors (Lipinski definition) is 3. The van der Waals surface area contributed by atoms with Gasteiger partial charge in [0, 0.05) is 6.04 Å². The van der Waals surface area contributed by atoms with Crippen LogP contribution in [0.2, 0.25) is 0 Å². The van der Waals surface area contributed by atoms with Crippen LogP contribution in [-0.2, 0) is 6.54 Å². The average Bonchev–Trinajstić information content (AvgIpc) is 2.49. The molecule has 13 heavy (non-hydrogen) atoms. The van der Waals surface area contributed by atoms with E-state index in [4.69, 9.17) is 4.42 Å². The van der Waals surface area contributed by atoms with Gasteiger partial charge < -0.3 is 9.73 Å². The zero-order valence-corrected chi connectivity index (χ0v) is 8.63. The third kappa shape index (κ3) is 3.59. The summed E-state index contributed by atoms with van der Waals surface area (Å²) < 4.78 is 5.34. The van der Waals surface area contributed by atoms with Crippen LogP contribution in [0.3, 0.4) is 0 Å². The maximum absolute atomic E-state index is 5.34. The lowest BCUT2D eigenvalue weighted by Gasteiger charge is -2.10. The second-order valence-electron chi connectivity index (χ2n) is 3.44. The number of rotatable bonds is 5. The van der Waals surface area contributed by atoms with Gasteiger partial charge in [-0.05, 0) is 20.3 Å². The van der Waals surface area contributed by atoms with Gasteiger partial charge in [-0.25, -0.2) is 4.98 Å². The molecule has 0 amide bonds. The van der Waals surface area contributed by atoms with E-state index in [1.807, 2.05) is 6.92 Å². The van der Waals surface area contributed by atoms with Crippen LogP contribution < -0.4 is 5.32 Å². The van der Waals surface area contributed by atoms with E-state index >= 15 is 0 Å². The van der Waals surface area contributed by atoms with E-state index in [1.165, 1.54) is 12.8 Å². The molecule has 1 atom stereocenters. The van der Waals surface area contributed by atoms with Gasteiger partial charge in [-0.15, -0.1) is 0 Å². The SMILES string of the molecule is CCCC(C)NCc1ncc(C)o1. The minimum atomic E-state index is 0.539. The Hall–Kier alpha value is -0.830. The first-order valence-corrected chi connectivity index (χ1v) is 4.87. The molecule has 0 aromatic carbocycles. The van der Waals surface area contributed by atoms with Crippen LogP contribution in [0.15, 0.2) is 10.6 Å². The van der Waals surface area contributed by atoms with Crippen LogP contribution >= 0.6 is 0 Å². The van der Waals surface area contributed by atoms with E-state index in [9.17, 15) is 0 Å². The van der Waals surface area contributed by atoms with Crippen molar-refractivity contribution in [2.45, 2.75) is 46.2 Å². The molecular formula is C10H18N2O. The number of nitrogens with one attached hydrogen (secondary N) is 1. The molecular weight excluding hydrogens is 164 g/mol. The van der Waals surface area contributed by atoms with Crippen molar-refractivity contribution < 1.29 is 4.42 Å². The summed E-state index contributed by atoms with van der Waals surface area (Å²) in [6.45, 7) is 7.01. The van der Waals surface area contributed by atoms with Crippen molar-refractivity contribution in [1.82, 2.24) is 10.3 Å². The highest BCUT2D eigenvalue weighted by atomic mass is 16.4. The van der Waals surface area contributed by atoms with Crippen molar-refractivity contribution in [2.24, 2.45) is 0 Å². The molecule has 1 heterocycles. The summed E-state index contributed by atoms with van der Waals surface area (Å²) in [5, 5.41) is 3.36. The number of hydrogen-bond donors (Lipinski definition) is 1. The molecule has 0 radical (unpaired) electrons. The van der Waals surface area contributed by atoms with Gasteiger partial charge in [0.25, 0.3) is 0 Å². The largest absolute Gasteiger partial charge is 0.445 e. The summed E-state index contributed by atoms with van der Waals surface area (Å²) in [7, 11) is 0. The second-order valence-corrected chi connectivity index (χ2v) is 3.44. The molecule has 1 rings (SSSR count). The maximum atomic E-state index is 5.34. The second kappa shape index (κ2) is 5.02. The van der Waals surface area contributed by atoms with Gasteiger partial charge >= 0.3 is 0 Å². The standard InChI is InChI=1S/C10H18N2O/c1-4-5-8(2)11-7-10-12-6-9(3)13-10/h6,8,11H,4-5,7H2,1-3H3. The summed E-state index contributed by atoms with van der Waals surface area (Å²) in [6, 6.07) is 0.539. The normalized spacial score (nSPS) is 13.2. The Bertz CT molecular complexity index is 245. The molecule has 3 heteroatoms. The van der Waals surface area contributed by atoms with E-state index in [0.717, 1.165) is 18.2 Å². The van der Waals surface area contributed by atoms with Gasteiger partial charge in [0.05, 0.1) is 12.7 Å². The fraction of sp³-hybridized carbons (Fsp3) is 0.700. The van der Waals surface area contributed by atoms with Crippen LogP contribution in [0.25, 0.3) is 0 Å². The molecule has 0 aliphatic heterocycles. The number of nitrogens with zero attached hydrogens (tertiary/aromatic N) is 1. The highest BCUT2D eigenvalue weighted by Crippen LogP contribution is 2.02. The Morgan fingerprint density at radius 1 is 1.62 bits per heavy atom. The van der Waals surface area contributed by atoms with Crippen LogP contribution in [0.1, 0.15) is 38.3 Å². The third-order valence-electron chi connectivity index (χ3n) is 1.99. The first-order valence-electron chi connectivity index (χ1n) is 4.87. The summed E-state index contributed by atoms with van der Waals surface area (Å²) in [4.78, 5) is 4.12. The topological polar surface area (TPSA) is 38.1 Å². The van der Waals surface area contributed by atoms with Crippen LogP contribution in [-0.4, -0.2) is 11.0 Å². The Labute approximate surface area is 79.5 Å². The smallest absolute Gasteiger partial charge is 0.208 e. The minimum absolute atomic E-state index is 0.539. The van der Waals surface area contributed by atoms with Crippen molar-refractivity contribution in [3.8, 4) is 0 Å². The van der Waals surface area contributed by atoms with E-state index in [-0.39, 0.29) is 0 Å². The Kier molecular flexibility index (Phi) is 3.96. The fourth-order valence-corrected chi connectivity index (χ4v) is 1.28. The van der Waals surface area contributed by atoms with Gasteiger partial charge in [-0.3, -0.25) is 0 Å². The monoisotopic (exact) mass is 182 g/mol. The lowest BCUT2D eigenvalue weighted by Crippen LogP contribution is -2.25. The first-order chi connectivity index (χ1) is 6.22. The number of oxazole rings is 1. The van der Waals surface area contributed by atoms with Crippen molar-refractivity contribution >= 4 is 0 Å². The molecule has 0 saturated carbocycles. The molecule has 74 valence electrons. The van der Waals surface area contributed by atoms with Gasteiger partial charge in [0.1, 0.15) is 5.76 Å². The van der Waals surface area contributed by atoms with E-state index in [2.05, 4.69) is 24.1 Å². The number of aryl methyl sites for hydroxylation is 1. The lowest BCUT2D eigenvalue weighted by molar-refractivity contribution is 0.419. The van der Waals surface area contributed by atoms with Crippen LogP contribution in [0.5, 0.6) is 0 Å². The quantitative estimate of drug-likeness (QED) is 0.759. The predicted molar refractivity (Wildman–Crippen MR) is 52.4 cm³/mol. The fourth-order valence-electron chi connectivity index (χ4n) is 1.28. The van der Waals surface area contributed by atoms with Crippen molar-refractivity contribution in [1.29, 1.82) is 0 Å². The summed E-state index contributed by atoms with van der Waals surface area (Å²) in [6.07, 6.45) is 4.15. The Balaban J connectivity index is 2.26. The Morgan fingerprint density at radius 2 is 2.38 bits per heavy atom. The average molecular weight is 182 g/mol. The first kappa shape index (κ1) is 10.3. The molecule has 1 N–H and O–H groups in total. The van der Waals surface area contributed by atoms with Crippen molar-refractivity contribution in [3.05, 3.63) is 17.8 Å². The zero-order chi connectivity index (χ0) is 9.68. The molecule has 0 aliphatic carbocycles. The van der Waals surface area contributed by atoms with Crippen LogP contribution in [0.4, 0.5) is 0 Å². The van der Waals surface area contributed by atoms with Crippen molar-refractivity contribution in [3.63, 3.8) is 0 Å². The van der Waals surface area contributed by atoms with E-state index < -0.39 is 0 Å². The van der Waals surface area contributed by atoms with Gasteiger partial charge in [0.2, 0.25) is 5.89 Å². The van der Waals surface area contributed by atoms with Gasteiger partial charge in [-0.1, -0.05) is 13.3 Å². The molecule has 0 fully saturated rings. The maximum Gasteiger partial charge on any atom is 0.208 e. The Morgan fingerprint density at radius 3 is 2.92 bits per heavy atom.